The Bertz CT molecular complexity index is 1110. The van der Waals surface area contributed by atoms with E-state index in [9.17, 15) is 31.1 Å². The van der Waals surface area contributed by atoms with Crippen LogP contribution in [0.25, 0.3) is 11.1 Å². The Kier molecular flexibility index (Phi) is 5.31. The molecule has 0 bridgehead atoms. The summed E-state index contributed by atoms with van der Waals surface area (Å²) in [5.41, 5.74) is -3.00. The highest BCUT2D eigenvalue weighted by molar-refractivity contribution is 6.33. The van der Waals surface area contributed by atoms with Crippen molar-refractivity contribution in [1.29, 1.82) is 0 Å². The topological polar surface area (TPSA) is 46.9 Å². The first-order chi connectivity index (χ1) is 13.5. The SMILES string of the molecule is Cn1nc(C(F)(F)F)c(C(=O)Nc2cc(F)c(F)cc2-c2cccc(F)c2)c1Cl. The van der Waals surface area contributed by atoms with Gasteiger partial charge >= 0.3 is 6.18 Å². The van der Waals surface area contributed by atoms with Crippen LogP contribution in [-0.4, -0.2) is 15.7 Å². The van der Waals surface area contributed by atoms with Gasteiger partial charge in [-0.15, -0.1) is 0 Å². The maximum absolute atomic E-state index is 13.7. The molecular weight excluding hydrogens is 424 g/mol. The number of hydrogen-bond acceptors (Lipinski definition) is 2. The molecule has 0 aliphatic rings. The van der Waals surface area contributed by atoms with Crippen molar-refractivity contribution in [2.24, 2.45) is 7.05 Å². The van der Waals surface area contributed by atoms with E-state index in [2.05, 4.69) is 10.4 Å². The van der Waals surface area contributed by atoms with Gasteiger partial charge in [-0.2, -0.15) is 18.3 Å². The molecule has 1 aromatic heterocycles. The van der Waals surface area contributed by atoms with Gasteiger partial charge < -0.3 is 5.32 Å². The number of aryl methyl sites for hydroxylation is 1. The summed E-state index contributed by atoms with van der Waals surface area (Å²) in [7, 11) is 1.10. The number of nitrogens with zero attached hydrogens (tertiary/aromatic N) is 2. The summed E-state index contributed by atoms with van der Waals surface area (Å²) >= 11 is 5.77. The second-order valence-corrected chi connectivity index (χ2v) is 6.27. The molecule has 0 radical (unpaired) electrons. The van der Waals surface area contributed by atoms with Crippen LogP contribution in [0.5, 0.6) is 0 Å². The molecular formula is C18H10ClF6N3O. The quantitative estimate of drug-likeness (QED) is 0.560. The summed E-state index contributed by atoms with van der Waals surface area (Å²) < 4.78 is 81.2. The molecule has 0 spiro atoms. The largest absolute Gasteiger partial charge is 0.436 e. The molecule has 0 atom stereocenters. The number of carbonyl (C=O) groups excluding carboxylic acids is 1. The fourth-order valence-corrected chi connectivity index (χ4v) is 2.85. The number of rotatable bonds is 3. The van der Waals surface area contributed by atoms with E-state index in [1.54, 1.807) is 0 Å². The highest BCUT2D eigenvalue weighted by Crippen LogP contribution is 2.36. The molecule has 4 nitrogen and oxygen atoms in total. The molecule has 1 N–H and O–H groups in total. The Morgan fingerprint density at radius 1 is 1.10 bits per heavy atom. The minimum absolute atomic E-state index is 0.0625. The zero-order valence-electron chi connectivity index (χ0n) is 14.4. The number of carbonyl (C=O) groups is 1. The van der Waals surface area contributed by atoms with Crippen molar-refractivity contribution in [2.75, 3.05) is 5.32 Å². The first-order valence-electron chi connectivity index (χ1n) is 7.85. The Morgan fingerprint density at radius 2 is 1.76 bits per heavy atom. The van der Waals surface area contributed by atoms with Crippen molar-refractivity contribution in [1.82, 2.24) is 9.78 Å². The summed E-state index contributed by atoms with van der Waals surface area (Å²) in [6.45, 7) is 0. The van der Waals surface area contributed by atoms with Crippen LogP contribution in [0.15, 0.2) is 36.4 Å². The van der Waals surface area contributed by atoms with Crippen LogP contribution < -0.4 is 5.32 Å². The van der Waals surface area contributed by atoms with E-state index in [4.69, 9.17) is 11.6 Å². The molecule has 152 valence electrons. The molecule has 0 fully saturated rings. The number of alkyl halides is 3. The lowest BCUT2D eigenvalue weighted by Gasteiger charge is -2.13. The maximum atomic E-state index is 13.7. The van der Waals surface area contributed by atoms with Gasteiger partial charge in [0.15, 0.2) is 17.3 Å². The van der Waals surface area contributed by atoms with Crippen LogP contribution >= 0.6 is 11.6 Å². The van der Waals surface area contributed by atoms with E-state index in [1.807, 2.05) is 0 Å². The van der Waals surface area contributed by atoms with Gasteiger partial charge in [0.2, 0.25) is 0 Å². The Balaban J connectivity index is 2.10. The average Bonchev–Trinajstić information content (AvgIpc) is 2.93. The summed E-state index contributed by atoms with van der Waals surface area (Å²) in [5, 5.41) is 4.65. The summed E-state index contributed by atoms with van der Waals surface area (Å²) in [5.74, 6) is -4.70. The second-order valence-electron chi connectivity index (χ2n) is 5.91. The molecule has 0 saturated carbocycles. The van der Waals surface area contributed by atoms with Gasteiger partial charge in [-0.05, 0) is 23.8 Å². The Morgan fingerprint density at radius 3 is 2.38 bits per heavy atom. The van der Waals surface area contributed by atoms with Crippen LogP contribution in [0.3, 0.4) is 0 Å². The summed E-state index contributed by atoms with van der Waals surface area (Å²) in [6.07, 6.45) is -4.99. The zero-order valence-corrected chi connectivity index (χ0v) is 15.2. The maximum Gasteiger partial charge on any atom is 0.436 e. The lowest BCUT2D eigenvalue weighted by molar-refractivity contribution is -0.141. The average molecular weight is 434 g/mol. The second kappa shape index (κ2) is 7.43. The lowest BCUT2D eigenvalue weighted by Crippen LogP contribution is -2.19. The number of hydrogen-bond donors (Lipinski definition) is 1. The molecule has 1 heterocycles. The van der Waals surface area contributed by atoms with Crippen LogP contribution in [0.1, 0.15) is 16.1 Å². The molecule has 0 aliphatic carbocycles. The first kappa shape index (κ1) is 20.7. The molecule has 11 heteroatoms. The van der Waals surface area contributed by atoms with E-state index < -0.39 is 45.9 Å². The molecule has 3 aromatic rings. The van der Waals surface area contributed by atoms with Crippen molar-refractivity contribution >= 4 is 23.2 Å². The number of benzene rings is 2. The van der Waals surface area contributed by atoms with E-state index in [-0.39, 0.29) is 16.8 Å². The van der Waals surface area contributed by atoms with E-state index >= 15 is 0 Å². The number of anilines is 1. The first-order valence-corrected chi connectivity index (χ1v) is 8.23. The lowest BCUT2D eigenvalue weighted by atomic mass is 10.0. The van der Waals surface area contributed by atoms with Crippen LogP contribution in [0.4, 0.5) is 32.0 Å². The van der Waals surface area contributed by atoms with E-state index in [0.29, 0.717) is 16.8 Å². The molecule has 0 saturated heterocycles. The van der Waals surface area contributed by atoms with Crippen molar-refractivity contribution in [3.63, 3.8) is 0 Å². The van der Waals surface area contributed by atoms with Crippen molar-refractivity contribution in [3.8, 4) is 11.1 Å². The number of nitrogens with one attached hydrogen (secondary N) is 1. The van der Waals surface area contributed by atoms with Crippen LogP contribution in [-0.2, 0) is 13.2 Å². The Labute approximate surface area is 164 Å². The molecule has 0 aliphatic heterocycles. The van der Waals surface area contributed by atoms with Gasteiger partial charge in [-0.1, -0.05) is 23.7 Å². The third-order valence-corrected chi connectivity index (χ3v) is 4.35. The predicted molar refractivity (Wildman–Crippen MR) is 92.9 cm³/mol. The standard InChI is InChI=1S/C18H10ClF6N3O/c1-28-16(19)14(15(27-28)18(23,24)25)17(29)26-13-7-12(22)11(21)6-10(13)8-3-2-4-9(20)5-8/h2-7H,1H3,(H,26,29). The molecule has 2 aromatic carbocycles. The van der Waals surface area contributed by atoms with Crippen molar-refractivity contribution in [2.45, 2.75) is 6.18 Å². The Hall–Kier alpha value is -3.01. The molecule has 3 rings (SSSR count). The van der Waals surface area contributed by atoms with Gasteiger partial charge in [0.05, 0.1) is 5.69 Å². The van der Waals surface area contributed by atoms with Crippen molar-refractivity contribution < 1.29 is 31.1 Å². The van der Waals surface area contributed by atoms with Crippen LogP contribution in [0, 0.1) is 17.5 Å². The van der Waals surface area contributed by atoms with Gasteiger partial charge in [0, 0.05) is 18.7 Å². The fraction of sp³-hybridized carbons (Fsp3) is 0.111. The van der Waals surface area contributed by atoms with E-state index in [0.717, 1.165) is 19.2 Å². The monoisotopic (exact) mass is 433 g/mol. The summed E-state index contributed by atoms with van der Waals surface area (Å²) in [6, 6.07) is 5.99. The van der Waals surface area contributed by atoms with Gasteiger partial charge in [0.1, 0.15) is 16.5 Å². The van der Waals surface area contributed by atoms with Crippen LogP contribution in [0.2, 0.25) is 5.15 Å². The minimum atomic E-state index is -4.99. The predicted octanol–water partition coefficient (Wildman–Crippen LogP) is 5.43. The zero-order chi connectivity index (χ0) is 21.5. The van der Waals surface area contributed by atoms with E-state index in [1.165, 1.54) is 12.1 Å². The number of amides is 1. The molecule has 29 heavy (non-hydrogen) atoms. The normalized spacial score (nSPS) is 11.6. The van der Waals surface area contributed by atoms with Gasteiger partial charge in [-0.25, -0.2) is 13.2 Å². The number of aromatic nitrogens is 2. The highest BCUT2D eigenvalue weighted by atomic mass is 35.5. The smallest absolute Gasteiger partial charge is 0.321 e. The minimum Gasteiger partial charge on any atom is -0.321 e. The van der Waals surface area contributed by atoms with Crippen molar-refractivity contribution in [3.05, 3.63) is 70.3 Å². The van der Waals surface area contributed by atoms with Gasteiger partial charge in [-0.3, -0.25) is 9.48 Å². The fourth-order valence-electron chi connectivity index (χ4n) is 2.63. The third-order valence-electron chi connectivity index (χ3n) is 3.92. The third kappa shape index (κ3) is 4.07. The van der Waals surface area contributed by atoms with Gasteiger partial charge in [0.25, 0.3) is 5.91 Å². The molecule has 0 unspecified atom stereocenters. The highest BCUT2D eigenvalue weighted by Gasteiger charge is 2.41. The number of halogens is 7. The molecule has 1 amide bonds. The summed E-state index contributed by atoms with van der Waals surface area (Å²) in [4.78, 5) is 12.5.